The number of likely N-dealkylation sites (tertiary alicyclic amines) is 1. The van der Waals surface area contributed by atoms with E-state index < -0.39 is 0 Å². The summed E-state index contributed by atoms with van der Waals surface area (Å²) in [5.74, 6) is 1.33. The van der Waals surface area contributed by atoms with Crippen molar-refractivity contribution in [3.8, 4) is 0 Å². The summed E-state index contributed by atoms with van der Waals surface area (Å²) in [4.78, 5) is 18.7. The molecule has 0 saturated carbocycles. The number of rotatable bonds is 2. The monoisotopic (exact) mass is 248 g/mol. The van der Waals surface area contributed by atoms with E-state index in [1.807, 2.05) is 19.4 Å². The Hall–Kier alpha value is -1.36. The van der Waals surface area contributed by atoms with Crippen LogP contribution in [-0.2, 0) is 18.4 Å². The van der Waals surface area contributed by atoms with Gasteiger partial charge in [0.1, 0.15) is 5.82 Å². The molecule has 1 aromatic heterocycles. The number of piperidine rings is 1. The summed E-state index contributed by atoms with van der Waals surface area (Å²) in [6.07, 6.45) is 6.94. The van der Waals surface area contributed by atoms with E-state index in [1.54, 1.807) is 0 Å². The largest absolute Gasteiger partial charge is 0.356 e. The zero-order chi connectivity index (χ0) is 12.6. The summed E-state index contributed by atoms with van der Waals surface area (Å²) in [6.45, 7) is 3.64. The zero-order valence-electron chi connectivity index (χ0n) is 10.9. The van der Waals surface area contributed by atoms with Crippen molar-refractivity contribution in [2.75, 3.05) is 19.6 Å². The van der Waals surface area contributed by atoms with Crippen LogP contribution in [0.5, 0.6) is 0 Å². The molecule has 2 aliphatic heterocycles. The van der Waals surface area contributed by atoms with Crippen molar-refractivity contribution in [2.24, 2.45) is 12.5 Å². The van der Waals surface area contributed by atoms with Gasteiger partial charge in [0.15, 0.2) is 0 Å². The molecule has 5 heteroatoms. The number of carbonyl (C=O) groups excluding carboxylic acids is 1. The van der Waals surface area contributed by atoms with Crippen LogP contribution in [0.1, 0.15) is 25.1 Å². The summed E-state index contributed by atoms with van der Waals surface area (Å²) in [5, 5.41) is 2.98. The fourth-order valence-corrected chi connectivity index (χ4v) is 3.22. The lowest BCUT2D eigenvalue weighted by Crippen LogP contribution is -2.47. The van der Waals surface area contributed by atoms with E-state index in [4.69, 9.17) is 0 Å². The Morgan fingerprint density at radius 1 is 1.50 bits per heavy atom. The average molecular weight is 248 g/mol. The molecular formula is C13H20N4O. The fourth-order valence-electron chi connectivity index (χ4n) is 3.22. The standard InChI is InChI=1S/C13H20N4O/c1-16-8-6-14-11(16)9-17-7-2-3-13(10-17)4-5-15-12(13)18/h6,8H,2-5,7,9-10H2,1H3,(H,15,18)/t13-/m0/s1. The molecular weight excluding hydrogens is 228 g/mol. The average Bonchev–Trinajstić information content (AvgIpc) is 2.89. The molecule has 18 heavy (non-hydrogen) atoms. The van der Waals surface area contributed by atoms with E-state index in [2.05, 4.69) is 19.8 Å². The van der Waals surface area contributed by atoms with Gasteiger partial charge in [0.05, 0.1) is 12.0 Å². The molecule has 2 aliphatic rings. The maximum Gasteiger partial charge on any atom is 0.227 e. The summed E-state index contributed by atoms with van der Waals surface area (Å²) in [5.41, 5.74) is -0.122. The molecule has 98 valence electrons. The molecule has 3 heterocycles. The minimum atomic E-state index is -0.122. The van der Waals surface area contributed by atoms with Gasteiger partial charge in [-0.25, -0.2) is 4.98 Å². The highest BCUT2D eigenvalue weighted by atomic mass is 16.2. The van der Waals surface area contributed by atoms with Crippen LogP contribution in [0.4, 0.5) is 0 Å². The number of nitrogens with one attached hydrogen (secondary N) is 1. The summed E-state index contributed by atoms with van der Waals surface area (Å²) >= 11 is 0. The van der Waals surface area contributed by atoms with E-state index in [-0.39, 0.29) is 11.3 Å². The molecule has 5 nitrogen and oxygen atoms in total. The lowest BCUT2D eigenvalue weighted by Gasteiger charge is -2.38. The van der Waals surface area contributed by atoms with E-state index >= 15 is 0 Å². The molecule has 1 aromatic rings. The number of hydrogen-bond donors (Lipinski definition) is 1. The highest BCUT2D eigenvalue weighted by Gasteiger charge is 2.45. The molecule has 0 radical (unpaired) electrons. The highest BCUT2D eigenvalue weighted by molar-refractivity contribution is 5.85. The van der Waals surface area contributed by atoms with Gasteiger partial charge in [0.2, 0.25) is 5.91 Å². The van der Waals surface area contributed by atoms with Gasteiger partial charge in [-0.05, 0) is 25.8 Å². The quantitative estimate of drug-likeness (QED) is 0.830. The van der Waals surface area contributed by atoms with Crippen molar-refractivity contribution in [1.29, 1.82) is 0 Å². The Bertz CT molecular complexity index is 456. The Morgan fingerprint density at radius 3 is 3.06 bits per heavy atom. The number of imidazole rings is 1. The molecule has 2 fully saturated rings. The van der Waals surface area contributed by atoms with Gasteiger partial charge in [-0.15, -0.1) is 0 Å². The number of aromatic nitrogens is 2. The van der Waals surface area contributed by atoms with Crippen LogP contribution in [0.3, 0.4) is 0 Å². The van der Waals surface area contributed by atoms with Gasteiger partial charge in [0.25, 0.3) is 0 Å². The van der Waals surface area contributed by atoms with Gasteiger partial charge in [-0.3, -0.25) is 9.69 Å². The Morgan fingerprint density at radius 2 is 2.39 bits per heavy atom. The topological polar surface area (TPSA) is 50.2 Å². The van der Waals surface area contributed by atoms with Gasteiger partial charge >= 0.3 is 0 Å². The number of carbonyl (C=O) groups is 1. The van der Waals surface area contributed by atoms with E-state index in [0.29, 0.717) is 0 Å². The van der Waals surface area contributed by atoms with Crippen molar-refractivity contribution < 1.29 is 4.79 Å². The van der Waals surface area contributed by atoms with Crippen LogP contribution in [0.2, 0.25) is 0 Å². The Labute approximate surface area is 107 Å². The minimum Gasteiger partial charge on any atom is -0.356 e. The molecule has 1 spiro atoms. The van der Waals surface area contributed by atoms with Crippen LogP contribution < -0.4 is 5.32 Å². The maximum absolute atomic E-state index is 12.0. The molecule has 0 unspecified atom stereocenters. The van der Waals surface area contributed by atoms with Crippen molar-refractivity contribution in [3.05, 3.63) is 18.2 Å². The zero-order valence-corrected chi connectivity index (χ0v) is 10.9. The first-order valence-electron chi connectivity index (χ1n) is 6.66. The van der Waals surface area contributed by atoms with E-state index in [1.165, 1.54) is 0 Å². The molecule has 0 aliphatic carbocycles. The smallest absolute Gasteiger partial charge is 0.227 e. The van der Waals surface area contributed by atoms with Gasteiger partial charge < -0.3 is 9.88 Å². The number of aryl methyl sites for hydroxylation is 1. The SMILES string of the molecule is Cn1ccnc1CN1CCC[C@]2(CCNC2=O)C1. The lowest BCUT2D eigenvalue weighted by atomic mass is 9.78. The summed E-state index contributed by atoms with van der Waals surface area (Å²) < 4.78 is 2.05. The van der Waals surface area contributed by atoms with Gasteiger partial charge in [-0.2, -0.15) is 0 Å². The van der Waals surface area contributed by atoms with E-state index in [0.717, 1.165) is 51.3 Å². The number of amides is 1. The predicted octanol–water partition coefficient (Wildman–Crippen LogP) is 0.522. The van der Waals surface area contributed by atoms with Crippen molar-refractivity contribution in [1.82, 2.24) is 19.8 Å². The van der Waals surface area contributed by atoms with Crippen molar-refractivity contribution in [3.63, 3.8) is 0 Å². The second kappa shape index (κ2) is 4.39. The summed E-state index contributed by atoms with van der Waals surface area (Å²) in [7, 11) is 2.02. The second-order valence-corrected chi connectivity index (χ2v) is 5.55. The molecule has 3 rings (SSSR count). The predicted molar refractivity (Wildman–Crippen MR) is 67.8 cm³/mol. The molecule has 1 N–H and O–H groups in total. The normalized spacial score (nSPS) is 28.8. The lowest BCUT2D eigenvalue weighted by molar-refractivity contribution is -0.130. The summed E-state index contributed by atoms with van der Waals surface area (Å²) in [6, 6.07) is 0. The van der Waals surface area contributed by atoms with Gasteiger partial charge in [0, 0.05) is 32.5 Å². The number of hydrogen-bond acceptors (Lipinski definition) is 3. The van der Waals surface area contributed by atoms with Crippen LogP contribution in [0.25, 0.3) is 0 Å². The van der Waals surface area contributed by atoms with Gasteiger partial charge in [-0.1, -0.05) is 0 Å². The second-order valence-electron chi connectivity index (χ2n) is 5.55. The first-order chi connectivity index (χ1) is 8.70. The molecule has 1 atom stereocenters. The van der Waals surface area contributed by atoms with Crippen LogP contribution in [0, 0.1) is 5.41 Å². The van der Waals surface area contributed by atoms with Crippen LogP contribution in [0.15, 0.2) is 12.4 Å². The third-order valence-corrected chi connectivity index (χ3v) is 4.31. The Kier molecular flexibility index (Phi) is 2.86. The van der Waals surface area contributed by atoms with Crippen LogP contribution in [-0.4, -0.2) is 40.0 Å². The van der Waals surface area contributed by atoms with Crippen LogP contribution >= 0.6 is 0 Å². The molecule has 1 amide bonds. The first kappa shape index (κ1) is 11.7. The fraction of sp³-hybridized carbons (Fsp3) is 0.692. The molecule has 2 saturated heterocycles. The Balaban J connectivity index is 1.71. The maximum atomic E-state index is 12.0. The van der Waals surface area contributed by atoms with Crippen molar-refractivity contribution >= 4 is 5.91 Å². The van der Waals surface area contributed by atoms with Crippen molar-refractivity contribution in [2.45, 2.75) is 25.8 Å². The highest BCUT2D eigenvalue weighted by Crippen LogP contribution is 2.36. The van der Waals surface area contributed by atoms with E-state index in [9.17, 15) is 4.79 Å². The molecule has 0 bridgehead atoms. The minimum absolute atomic E-state index is 0.122. The third-order valence-electron chi connectivity index (χ3n) is 4.31. The number of nitrogens with zero attached hydrogens (tertiary/aromatic N) is 3. The molecule has 0 aromatic carbocycles. The first-order valence-corrected chi connectivity index (χ1v) is 6.66. The third kappa shape index (κ3) is 1.92.